The average molecular weight is 289 g/mol. The average Bonchev–Trinajstić information content (AvgIpc) is 2.47. The highest BCUT2D eigenvalue weighted by Gasteiger charge is 2.06. The smallest absolute Gasteiger partial charge is 0.224 e. The first-order valence-corrected chi connectivity index (χ1v) is 6.58. The van der Waals surface area contributed by atoms with E-state index < -0.39 is 0 Å². The Bertz CT molecular complexity index is 643. The van der Waals surface area contributed by atoms with Gasteiger partial charge in [-0.3, -0.25) is 4.79 Å². The summed E-state index contributed by atoms with van der Waals surface area (Å²) in [5.74, 6) is -0.143. The van der Waals surface area contributed by atoms with Crippen LogP contribution >= 0.6 is 0 Å². The van der Waals surface area contributed by atoms with Crippen molar-refractivity contribution in [2.24, 2.45) is 0 Å². The first-order chi connectivity index (χ1) is 10.1. The van der Waals surface area contributed by atoms with E-state index >= 15 is 0 Å². The van der Waals surface area contributed by atoms with E-state index in [1.54, 1.807) is 31.2 Å². The zero-order valence-corrected chi connectivity index (χ0v) is 11.6. The molecular formula is C16H16FNO3. The molecule has 1 amide bonds. The molecule has 21 heavy (non-hydrogen) atoms. The quantitative estimate of drug-likeness (QED) is 0.829. The summed E-state index contributed by atoms with van der Waals surface area (Å²) < 4.78 is 18.5. The summed E-state index contributed by atoms with van der Waals surface area (Å²) in [6.07, 6.45) is 0.331. The number of benzene rings is 2. The number of phenols is 1. The van der Waals surface area contributed by atoms with Crippen molar-refractivity contribution in [3.63, 3.8) is 0 Å². The van der Waals surface area contributed by atoms with Crippen LogP contribution in [0, 0.1) is 5.82 Å². The molecule has 0 aromatic heterocycles. The van der Waals surface area contributed by atoms with Crippen molar-refractivity contribution in [2.45, 2.75) is 20.0 Å². The number of hydrogen-bond acceptors (Lipinski definition) is 3. The minimum Gasteiger partial charge on any atom is -0.506 e. The van der Waals surface area contributed by atoms with E-state index in [9.17, 15) is 14.3 Å². The third-order valence-electron chi connectivity index (χ3n) is 2.86. The van der Waals surface area contributed by atoms with Crippen molar-refractivity contribution >= 4 is 11.6 Å². The Morgan fingerprint density at radius 3 is 2.76 bits per heavy atom. The fourth-order valence-electron chi connectivity index (χ4n) is 1.74. The highest BCUT2D eigenvalue weighted by atomic mass is 19.1. The molecule has 0 saturated heterocycles. The van der Waals surface area contributed by atoms with Crippen molar-refractivity contribution in [3.05, 3.63) is 53.8 Å². The summed E-state index contributed by atoms with van der Waals surface area (Å²) in [4.78, 5) is 11.3. The minimum absolute atomic E-state index is 0.0754. The SMILES string of the molecule is CCC(=O)Nc1ccc(OCc2cccc(F)c2)cc1O. The topological polar surface area (TPSA) is 58.6 Å². The lowest BCUT2D eigenvalue weighted by molar-refractivity contribution is -0.115. The molecule has 0 aliphatic heterocycles. The van der Waals surface area contributed by atoms with Crippen LogP contribution in [0.1, 0.15) is 18.9 Å². The molecule has 4 nitrogen and oxygen atoms in total. The zero-order chi connectivity index (χ0) is 15.2. The van der Waals surface area contributed by atoms with Crippen LogP contribution in [-0.2, 0) is 11.4 Å². The lowest BCUT2D eigenvalue weighted by Crippen LogP contribution is -2.09. The van der Waals surface area contributed by atoms with E-state index in [0.717, 1.165) is 0 Å². The van der Waals surface area contributed by atoms with Gasteiger partial charge >= 0.3 is 0 Å². The van der Waals surface area contributed by atoms with Gasteiger partial charge in [0.2, 0.25) is 5.91 Å². The summed E-state index contributed by atoms with van der Waals surface area (Å²) in [7, 11) is 0. The van der Waals surface area contributed by atoms with Gasteiger partial charge in [-0.25, -0.2) is 4.39 Å². The Balaban J connectivity index is 2.01. The van der Waals surface area contributed by atoms with Crippen LogP contribution in [0.15, 0.2) is 42.5 Å². The molecule has 0 bridgehead atoms. The maximum atomic E-state index is 13.0. The van der Waals surface area contributed by atoms with E-state index in [1.165, 1.54) is 18.2 Å². The van der Waals surface area contributed by atoms with Gasteiger partial charge in [0.1, 0.15) is 23.9 Å². The maximum absolute atomic E-state index is 13.0. The van der Waals surface area contributed by atoms with Gasteiger partial charge in [0.05, 0.1) is 5.69 Å². The van der Waals surface area contributed by atoms with Crippen molar-refractivity contribution in [1.82, 2.24) is 0 Å². The Hall–Kier alpha value is -2.56. The Kier molecular flexibility index (Phi) is 4.77. The van der Waals surface area contributed by atoms with Gasteiger partial charge in [0.15, 0.2) is 0 Å². The summed E-state index contributed by atoms with van der Waals surface area (Å²) >= 11 is 0. The number of ether oxygens (including phenoxy) is 1. The standard InChI is InChI=1S/C16H16FNO3/c1-2-16(20)18-14-7-6-13(9-15(14)19)21-10-11-4-3-5-12(17)8-11/h3-9,19H,2,10H2,1H3,(H,18,20). The van der Waals surface area contributed by atoms with Gasteiger partial charge < -0.3 is 15.2 Å². The summed E-state index contributed by atoms with van der Waals surface area (Å²) in [6, 6.07) is 10.7. The normalized spacial score (nSPS) is 10.2. The number of rotatable bonds is 5. The van der Waals surface area contributed by atoms with E-state index in [4.69, 9.17) is 4.74 Å². The van der Waals surface area contributed by atoms with Crippen molar-refractivity contribution in [2.75, 3.05) is 5.32 Å². The van der Waals surface area contributed by atoms with Crippen LogP contribution < -0.4 is 10.1 Å². The molecule has 0 spiro atoms. The lowest BCUT2D eigenvalue weighted by Gasteiger charge is -2.10. The fraction of sp³-hybridized carbons (Fsp3) is 0.188. The van der Waals surface area contributed by atoms with Gasteiger partial charge in [-0.15, -0.1) is 0 Å². The number of nitrogens with one attached hydrogen (secondary N) is 1. The number of anilines is 1. The van der Waals surface area contributed by atoms with Gasteiger partial charge in [-0.2, -0.15) is 0 Å². The lowest BCUT2D eigenvalue weighted by atomic mass is 10.2. The largest absolute Gasteiger partial charge is 0.506 e. The molecule has 2 aromatic rings. The van der Waals surface area contributed by atoms with Crippen LogP contribution in [0.2, 0.25) is 0 Å². The summed E-state index contributed by atoms with van der Waals surface area (Å²) in [5.41, 5.74) is 1.03. The van der Waals surface area contributed by atoms with Gasteiger partial charge in [-0.1, -0.05) is 19.1 Å². The second-order valence-corrected chi connectivity index (χ2v) is 4.50. The molecule has 0 radical (unpaired) electrons. The monoisotopic (exact) mass is 289 g/mol. The van der Waals surface area contributed by atoms with Gasteiger partial charge in [0, 0.05) is 12.5 Å². The molecule has 2 aromatic carbocycles. The predicted octanol–water partition coefficient (Wildman–Crippen LogP) is 3.46. The third-order valence-corrected chi connectivity index (χ3v) is 2.86. The fourth-order valence-corrected chi connectivity index (χ4v) is 1.74. The number of carbonyl (C=O) groups excluding carboxylic acids is 1. The van der Waals surface area contributed by atoms with Crippen molar-refractivity contribution in [1.29, 1.82) is 0 Å². The van der Waals surface area contributed by atoms with Crippen LogP contribution in [-0.4, -0.2) is 11.0 Å². The number of halogens is 1. The molecule has 0 aliphatic carbocycles. The summed E-state index contributed by atoms with van der Waals surface area (Å²) in [6.45, 7) is 1.92. The molecule has 0 unspecified atom stereocenters. The molecule has 0 saturated carbocycles. The molecule has 2 N–H and O–H groups in total. The molecular weight excluding hydrogens is 273 g/mol. The Labute approximate surface area is 122 Å². The van der Waals surface area contributed by atoms with Crippen LogP contribution in [0.5, 0.6) is 11.5 Å². The molecule has 2 rings (SSSR count). The number of carbonyl (C=O) groups is 1. The zero-order valence-electron chi connectivity index (χ0n) is 11.6. The van der Waals surface area contributed by atoms with Crippen molar-refractivity contribution in [3.8, 4) is 11.5 Å². The van der Waals surface area contributed by atoms with Crippen LogP contribution in [0.3, 0.4) is 0 Å². The molecule has 5 heteroatoms. The number of hydrogen-bond donors (Lipinski definition) is 2. The second-order valence-electron chi connectivity index (χ2n) is 4.50. The first kappa shape index (κ1) is 14.8. The Morgan fingerprint density at radius 2 is 2.10 bits per heavy atom. The Morgan fingerprint density at radius 1 is 1.29 bits per heavy atom. The number of phenolic OH excluding ortho intramolecular Hbond substituents is 1. The van der Waals surface area contributed by atoms with Gasteiger partial charge in [0.25, 0.3) is 0 Å². The predicted molar refractivity (Wildman–Crippen MR) is 77.8 cm³/mol. The number of amides is 1. The molecule has 0 atom stereocenters. The summed E-state index contributed by atoms with van der Waals surface area (Å²) in [5, 5.41) is 12.4. The maximum Gasteiger partial charge on any atom is 0.224 e. The van der Waals surface area contributed by atoms with E-state index in [1.807, 2.05) is 0 Å². The molecule has 0 aliphatic rings. The third kappa shape index (κ3) is 4.21. The van der Waals surface area contributed by atoms with Crippen molar-refractivity contribution < 1.29 is 19.0 Å². The molecule has 0 fully saturated rings. The molecule has 110 valence electrons. The van der Waals surface area contributed by atoms with Crippen LogP contribution in [0.25, 0.3) is 0 Å². The number of aromatic hydroxyl groups is 1. The molecule has 0 heterocycles. The van der Waals surface area contributed by atoms with E-state index in [2.05, 4.69) is 5.32 Å². The van der Waals surface area contributed by atoms with Crippen LogP contribution in [0.4, 0.5) is 10.1 Å². The highest BCUT2D eigenvalue weighted by Crippen LogP contribution is 2.28. The van der Waals surface area contributed by atoms with Gasteiger partial charge in [-0.05, 0) is 29.8 Å². The van der Waals surface area contributed by atoms with E-state index in [-0.39, 0.29) is 24.1 Å². The first-order valence-electron chi connectivity index (χ1n) is 6.58. The minimum atomic E-state index is -0.323. The highest BCUT2D eigenvalue weighted by molar-refractivity contribution is 5.92. The van der Waals surface area contributed by atoms with E-state index in [0.29, 0.717) is 23.4 Å². The second kappa shape index (κ2) is 6.74.